The van der Waals surface area contributed by atoms with Crippen LogP contribution in [-0.4, -0.2) is 84.0 Å². The van der Waals surface area contributed by atoms with Gasteiger partial charge < -0.3 is 20.2 Å². The highest BCUT2D eigenvalue weighted by atomic mass is 35.5. The molecule has 2 aliphatic rings. The van der Waals surface area contributed by atoms with Gasteiger partial charge in [-0.05, 0) is 49.6 Å². The van der Waals surface area contributed by atoms with Crippen molar-refractivity contribution >= 4 is 40.7 Å². The van der Waals surface area contributed by atoms with Crippen molar-refractivity contribution in [2.75, 3.05) is 45.6 Å². The number of piperidine rings is 1. The molecular formula is C26H31Cl2FN4O3. The van der Waals surface area contributed by atoms with Crippen LogP contribution in [0.5, 0.6) is 0 Å². The molecule has 0 aromatic heterocycles. The minimum absolute atomic E-state index is 0.223. The van der Waals surface area contributed by atoms with E-state index >= 15 is 0 Å². The van der Waals surface area contributed by atoms with Gasteiger partial charge in [-0.3, -0.25) is 14.5 Å². The Hall–Kier alpha value is -2.39. The monoisotopic (exact) mass is 536 g/mol. The molecule has 0 radical (unpaired) electrons. The fourth-order valence-electron chi connectivity index (χ4n) is 4.88. The molecule has 2 fully saturated rings. The van der Waals surface area contributed by atoms with Crippen LogP contribution >= 0.6 is 23.2 Å². The van der Waals surface area contributed by atoms with Crippen molar-refractivity contribution in [2.24, 2.45) is 0 Å². The van der Waals surface area contributed by atoms with Gasteiger partial charge in [-0.1, -0.05) is 35.3 Å². The van der Waals surface area contributed by atoms with Gasteiger partial charge in [0.25, 0.3) is 11.8 Å². The smallest absolute Gasteiger partial charge is 0.258 e. The second kappa shape index (κ2) is 10.5. The lowest BCUT2D eigenvalue weighted by Gasteiger charge is -2.48. The minimum atomic E-state index is -1.77. The third-order valence-electron chi connectivity index (χ3n) is 7.01. The van der Waals surface area contributed by atoms with E-state index in [-0.39, 0.29) is 17.5 Å². The van der Waals surface area contributed by atoms with Crippen molar-refractivity contribution in [2.45, 2.75) is 37.5 Å². The summed E-state index contributed by atoms with van der Waals surface area (Å²) in [6.07, 6.45) is 1.60. The first-order valence-corrected chi connectivity index (χ1v) is 12.7. The van der Waals surface area contributed by atoms with Crippen LogP contribution < -0.4 is 5.32 Å². The van der Waals surface area contributed by atoms with E-state index in [0.29, 0.717) is 34.7 Å². The third-order valence-corrected chi connectivity index (χ3v) is 7.61. The summed E-state index contributed by atoms with van der Waals surface area (Å²) in [5, 5.41) is 14.9. The summed E-state index contributed by atoms with van der Waals surface area (Å²) >= 11 is 12.7. The summed E-state index contributed by atoms with van der Waals surface area (Å²) in [5.41, 5.74) is -0.451. The lowest BCUT2D eigenvalue weighted by Crippen LogP contribution is -2.61. The van der Waals surface area contributed by atoms with Crippen LogP contribution in [0.3, 0.4) is 0 Å². The Bertz CT molecular complexity index is 1120. The number of rotatable bonds is 6. The van der Waals surface area contributed by atoms with E-state index in [4.69, 9.17) is 23.2 Å². The highest BCUT2D eigenvalue weighted by Crippen LogP contribution is 2.32. The van der Waals surface area contributed by atoms with E-state index < -0.39 is 17.3 Å². The van der Waals surface area contributed by atoms with E-state index in [1.165, 1.54) is 30.0 Å². The number of anilines is 1. The molecule has 0 bridgehead atoms. The maximum Gasteiger partial charge on any atom is 0.258 e. The average Bonchev–Trinajstić information content (AvgIpc) is 2.80. The van der Waals surface area contributed by atoms with Gasteiger partial charge in [0.05, 0.1) is 21.7 Å². The number of nitrogens with one attached hydrogen (secondary N) is 1. The third kappa shape index (κ3) is 5.47. The number of aliphatic hydroxyl groups is 1. The lowest BCUT2D eigenvalue weighted by molar-refractivity contribution is -0.152. The number of nitrogens with zero attached hydrogens (tertiary/aromatic N) is 3. The Morgan fingerprint density at radius 3 is 2.28 bits per heavy atom. The number of halogens is 3. The van der Waals surface area contributed by atoms with Crippen molar-refractivity contribution in [3.63, 3.8) is 0 Å². The molecule has 0 saturated carbocycles. The molecule has 4 rings (SSSR count). The van der Waals surface area contributed by atoms with Gasteiger partial charge in [0.1, 0.15) is 5.82 Å². The topological polar surface area (TPSA) is 76.1 Å². The Morgan fingerprint density at radius 2 is 1.72 bits per heavy atom. The number of hydrogen-bond donors (Lipinski definition) is 2. The van der Waals surface area contributed by atoms with Crippen LogP contribution in [0.1, 0.15) is 35.7 Å². The molecular weight excluding hydrogens is 506 g/mol. The Balaban J connectivity index is 1.28. The summed E-state index contributed by atoms with van der Waals surface area (Å²) in [7, 11) is 3.30. The number of carbonyl (C=O) groups is 2. The molecule has 2 saturated heterocycles. The van der Waals surface area contributed by atoms with Crippen LogP contribution in [0.25, 0.3) is 0 Å². The van der Waals surface area contributed by atoms with Crippen molar-refractivity contribution in [1.29, 1.82) is 0 Å². The second-order valence-electron chi connectivity index (χ2n) is 9.92. The van der Waals surface area contributed by atoms with E-state index in [9.17, 15) is 19.1 Å². The van der Waals surface area contributed by atoms with Gasteiger partial charge in [-0.2, -0.15) is 0 Å². The van der Waals surface area contributed by atoms with Gasteiger partial charge in [0, 0.05) is 52.0 Å². The first kappa shape index (κ1) is 26.7. The molecule has 194 valence electrons. The van der Waals surface area contributed by atoms with Gasteiger partial charge in [0.2, 0.25) is 0 Å². The summed E-state index contributed by atoms with van der Waals surface area (Å²) in [5.74, 6) is -1.13. The molecule has 0 spiro atoms. The SMILES string of the molecule is CN(C)C(=O)c1c(Cl)cc(NC2CN(C3CCN(C(=O)[C@@](C)(O)c4cccc(F)c4)CC3)C2)cc1Cl. The van der Waals surface area contributed by atoms with Gasteiger partial charge >= 0.3 is 0 Å². The van der Waals surface area contributed by atoms with Crippen molar-refractivity contribution in [3.8, 4) is 0 Å². The lowest BCUT2D eigenvalue weighted by atomic mass is 9.92. The molecule has 36 heavy (non-hydrogen) atoms. The molecule has 1 atom stereocenters. The fraction of sp³-hybridized carbons (Fsp3) is 0.462. The number of likely N-dealkylation sites (tertiary alicyclic amines) is 2. The quantitative estimate of drug-likeness (QED) is 0.586. The summed E-state index contributed by atoms with van der Waals surface area (Å²) in [6.45, 7) is 4.18. The summed E-state index contributed by atoms with van der Waals surface area (Å²) in [6, 6.07) is 9.56. The van der Waals surface area contributed by atoms with Crippen LogP contribution in [0.4, 0.5) is 10.1 Å². The molecule has 2 aromatic rings. The van der Waals surface area contributed by atoms with E-state index in [1.807, 2.05) is 0 Å². The molecule has 2 amide bonds. The molecule has 2 heterocycles. The van der Waals surface area contributed by atoms with Crippen LogP contribution in [0.2, 0.25) is 10.0 Å². The molecule has 0 aliphatic carbocycles. The minimum Gasteiger partial charge on any atom is -0.380 e. The van der Waals surface area contributed by atoms with Gasteiger partial charge in [-0.15, -0.1) is 0 Å². The van der Waals surface area contributed by atoms with E-state index in [0.717, 1.165) is 31.6 Å². The number of benzene rings is 2. The first-order chi connectivity index (χ1) is 17.0. The number of amides is 2. The average molecular weight is 537 g/mol. The fourth-order valence-corrected chi connectivity index (χ4v) is 5.53. The van der Waals surface area contributed by atoms with Crippen molar-refractivity contribution in [3.05, 3.63) is 63.4 Å². The maximum atomic E-state index is 13.6. The Labute approximate surface area is 220 Å². The molecule has 7 nitrogen and oxygen atoms in total. The van der Waals surface area contributed by atoms with Crippen molar-refractivity contribution < 1.29 is 19.1 Å². The normalized spacial score (nSPS) is 18.9. The largest absolute Gasteiger partial charge is 0.380 e. The van der Waals surface area contributed by atoms with Gasteiger partial charge in [-0.25, -0.2) is 4.39 Å². The maximum absolute atomic E-state index is 13.6. The zero-order chi connectivity index (χ0) is 26.2. The molecule has 2 aromatic carbocycles. The van der Waals surface area contributed by atoms with E-state index in [1.54, 1.807) is 37.2 Å². The Morgan fingerprint density at radius 1 is 1.11 bits per heavy atom. The molecule has 10 heteroatoms. The van der Waals surface area contributed by atoms with Crippen LogP contribution in [0, 0.1) is 5.82 Å². The first-order valence-electron chi connectivity index (χ1n) is 12.0. The van der Waals surface area contributed by atoms with E-state index in [2.05, 4.69) is 10.2 Å². The zero-order valence-electron chi connectivity index (χ0n) is 20.6. The van der Waals surface area contributed by atoms with Crippen molar-refractivity contribution in [1.82, 2.24) is 14.7 Å². The summed E-state index contributed by atoms with van der Waals surface area (Å²) in [4.78, 5) is 30.7. The molecule has 0 unspecified atom stereocenters. The number of carbonyl (C=O) groups excluding carboxylic acids is 2. The Kier molecular flexibility index (Phi) is 7.80. The highest BCUT2D eigenvalue weighted by Gasteiger charge is 2.40. The van der Waals surface area contributed by atoms with Crippen LogP contribution in [0.15, 0.2) is 36.4 Å². The molecule has 2 aliphatic heterocycles. The predicted molar refractivity (Wildman–Crippen MR) is 139 cm³/mol. The standard InChI is InChI=1S/C26H31Cl2FN4O3/c1-26(36,16-5-4-6-17(29)11-16)25(35)32-9-7-20(8-10-32)33-14-19(15-33)30-18-12-21(27)23(22(28)13-18)24(34)31(2)3/h4-6,11-13,19-20,30,36H,7-10,14-15H2,1-3H3/t26-/m0/s1. The number of hydrogen-bond acceptors (Lipinski definition) is 5. The molecule has 2 N–H and O–H groups in total. The second-order valence-corrected chi connectivity index (χ2v) is 10.7. The van der Waals surface area contributed by atoms with Crippen LogP contribution in [-0.2, 0) is 10.4 Å². The van der Waals surface area contributed by atoms with Gasteiger partial charge in [0.15, 0.2) is 5.60 Å². The predicted octanol–water partition coefficient (Wildman–Crippen LogP) is 3.83. The highest BCUT2D eigenvalue weighted by molar-refractivity contribution is 6.40. The zero-order valence-corrected chi connectivity index (χ0v) is 22.1. The summed E-state index contributed by atoms with van der Waals surface area (Å²) < 4.78 is 13.6.